The average Bonchev–Trinajstić information content (AvgIpc) is 2.91. The van der Waals surface area contributed by atoms with Crippen LogP contribution in [0.3, 0.4) is 0 Å². The fraction of sp³-hybridized carbons (Fsp3) is 0.500. The molecule has 2 unspecified atom stereocenters. The Hall–Kier alpha value is -2.04. The second-order valence-electron chi connectivity index (χ2n) is 5.79. The van der Waals surface area contributed by atoms with Crippen molar-refractivity contribution in [3.63, 3.8) is 0 Å². The number of carbonyl (C=O) groups excluding carboxylic acids is 2. The van der Waals surface area contributed by atoms with Crippen molar-refractivity contribution in [1.29, 1.82) is 0 Å². The van der Waals surface area contributed by atoms with E-state index in [0.29, 0.717) is 11.6 Å². The summed E-state index contributed by atoms with van der Waals surface area (Å²) in [5.74, 6) is -0.361. The van der Waals surface area contributed by atoms with E-state index in [1.165, 1.54) is 7.11 Å². The second-order valence-corrected chi connectivity index (χ2v) is 5.79. The van der Waals surface area contributed by atoms with E-state index >= 15 is 0 Å². The lowest BCUT2D eigenvalue weighted by molar-refractivity contribution is -0.135. The fourth-order valence-corrected chi connectivity index (χ4v) is 3.25. The quantitative estimate of drug-likeness (QED) is 0.774. The van der Waals surface area contributed by atoms with Crippen LogP contribution in [0.5, 0.6) is 0 Å². The highest BCUT2D eigenvalue weighted by molar-refractivity contribution is 5.96. The summed E-state index contributed by atoms with van der Waals surface area (Å²) in [4.78, 5) is 26.1. The zero-order valence-corrected chi connectivity index (χ0v) is 12.3. The summed E-state index contributed by atoms with van der Waals surface area (Å²) in [6.07, 6.45) is 9.65. The predicted octanol–water partition coefficient (Wildman–Crippen LogP) is 1.14. The summed E-state index contributed by atoms with van der Waals surface area (Å²) in [6, 6.07) is 0.314. The van der Waals surface area contributed by atoms with Gasteiger partial charge < -0.3 is 15.0 Å². The number of rotatable bonds is 2. The lowest BCUT2D eigenvalue weighted by Crippen LogP contribution is -2.48. The molecule has 21 heavy (non-hydrogen) atoms. The Labute approximate surface area is 124 Å². The minimum atomic E-state index is -0.342. The number of hydrogen-bond donors (Lipinski definition) is 1. The number of methoxy groups -OCH3 is 1. The molecule has 0 spiro atoms. The molecule has 0 bridgehead atoms. The summed E-state index contributed by atoms with van der Waals surface area (Å²) < 4.78 is 4.76. The van der Waals surface area contributed by atoms with Crippen LogP contribution in [0.25, 0.3) is 0 Å². The lowest BCUT2D eigenvalue weighted by Gasteiger charge is -2.34. The first-order valence-corrected chi connectivity index (χ1v) is 7.38. The number of esters is 1. The molecule has 2 heterocycles. The van der Waals surface area contributed by atoms with Crippen LogP contribution in [-0.2, 0) is 14.3 Å². The molecule has 1 aliphatic carbocycles. The zero-order valence-electron chi connectivity index (χ0n) is 12.3. The van der Waals surface area contributed by atoms with Gasteiger partial charge in [-0.3, -0.25) is 4.79 Å². The number of amides is 1. The lowest BCUT2D eigenvalue weighted by atomic mass is 9.87. The minimum Gasteiger partial charge on any atom is -0.465 e. The molecule has 1 fully saturated rings. The molecule has 112 valence electrons. The summed E-state index contributed by atoms with van der Waals surface area (Å²) in [5, 5.41) is 3.01. The molecule has 0 saturated carbocycles. The Kier molecular flexibility index (Phi) is 3.57. The van der Waals surface area contributed by atoms with Crippen LogP contribution in [0.2, 0.25) is 0 Å². The van der Waals surface area contributed by atoms with Gasteiger partial charge in [-0.1, -0.05) is 12.2 Å². The van der Waals surface area contributed by atoms with Crippen LogP contribution in [0, 0.1) is 5.92 Å². The van der Waals surface area contributed by atoms with Crippen LogP contribution < -0.4 is 5.32 Å². The third-order valence-corrected chi connectivity index (χ3v) is 4.43. The van der Waals surface area contributed by atoms with Crippen molar-refractivity contribution in [1.82, 2.24) is 10.2 Å². The third-order valence-electron chi connectivity index (χ3n) is 4.43. The molecule has 1 amide bonds. The molecular weight excluding hydrogens is 268 g/mol. The van der Waals surface area contributed by atoms with Crippen molar-refractivity contribution < 1.29 is 14.3 Å². The van der Waals surface area contributed by atoms with Crippen molar-refractivity contribution in [3.05, 3.63) is 35.6 Å². The molecular formula is C16H20N2O3. The normalized spacial score (nSPS) is 31.2. The fourth-order valence-electron chi connectivity index (χ4n) is 3.25. The van der Waals surface area contributed by atoms with Crippen molar-refractivity contribution in [2.45, 2.75) is 31.8 Å². The van der Waals surface area contributed by atoms with Gasteiger partial charge in [-0.25, -0.2) is 4.79 Å². The highest BCUT2D eigenvalue weighted by Crippen LogP contribution is 2.29. The van der Waals surface area contributed by atoms with Gasteiger partial charge in [-0.05, 0) is 31.9 Å². The average molecular weight is 288 g/mol. The number of fused-ring (bicyclic) bond motifs is 1. The minimum absolute atomic E-state index is 0.00426. The second kappa shape index (κ2) is 5.39. The Bertz CT molecular complexity index is 562. The van der Waals surface area contributed by atoms with Crippen LogP contribution in [0.4, 0.5) is 0 Å². The number of ether oxygens (including phenoxy) is 1. The van der Waals surface area contributed by atoms with E-state index in [1.54, 1.807) is 6.08 Å². The van der Waals surface area contributed by atoms with Crippen molar-refractivity contribution in [2.75, 3.05) is 13.7 Å². The largest absolute Gasteiger partial charge is 0.465 e. The van der Waals surface area contributed by atoms with E-state index < -0.39 is 0 Å². The monoisotopic (exact) mass is 288 g/mol. The van der Waals surface area contributed by atoms with Gasteiger partial charge >= 0.3 is 5.97 Å². The van der Waals surface area contributed by atoms with E-state index in [4.69, 9.17) is 4.74 Å². The van der Waals surface area contributed by atoms with Gasteiger partial charge in [0.2, 0.25) is 0 Å². The summed E-state index contributed by atoms with van der Waals surface area (Å²) in [5.41, 5.74) is 1.27. The molecule has 0 aromatic carbocycles. The third kappa shape index (κ3) is 2.48. The van der Waals surface area contributed by atoms with Gasteiger partial charge in [-0.2, -0.15) is 0 Å². The van der Waals surface area contributed by atoms with Gasteiger partial charge in [-0.15, -0.1) is 0 Å². The molecule has 3 rings (SSSR count). The van der Waals surface area contributed by atoms with Crippen LogP contribution in [0.1, 0.15) is 19.8 Å². The first kappa shape index (κ1) is 13.9. The number of nitrogens with zero attached hydrogens (tertiary/aromatic N) is 1. The van der Waals surface area contributed by atoms with E-state index in [-0.39, 0.29) is 23.8 Å². The van der Waals surface area contributed by atoms with Crippen molar-refractivity contribution in [3.8, 4) is 0 Å². The Morgan fingerprint density at radius 2 is 2.24 bits per heavy atom. The molecule has 5 heteroatoms. The predicted molar refractivity (Wildman–Crippen MR) is 78.1 cm³/mol. The molecule has 1 N–H and O–H groups in total. The molecule has 0 radical (unpaired) electrons. The molecule has 0 aromatic rings. The molecule has 3 aliphatic rings. The maximum absolute atomic E-state index is 12.3. The standard InChI is InChI=1S/C16H20N2O3/c1-10-4-3-7-18(10)14-9-12-8-11(16(20)21-2)5-6-13(12)17-15(14)19/h5-6,8-10,12-13H,3-4,7H2,1-2H3,(H,17,19)/t10-,12?,13?/m0/s1. The van der Waals surface area contributed by atoms with Gasteiger partial charge in [0.05, 0.1) is 24.4 Å². The summed E-state index contributed by atoms with van der Waals surface area (Å²) in [7, 11) is 1.37. The van der Waals surface area contributed by atoms with Gasteiger partial charge in [0.15, 0.2) is 0 Å². The maximum atomic E-state index is 12.3. The molecule has 1 saturated heterocycles. The topological polar surface area (TPSA) is 58.6 Å². The number of likely N-dealkylation sites (tertiary alicyclic amines) is 1. The smallest absolute Gasteiger partial charge is 0.337 e. The Morgan fingerprint density at radius 1 is 1.43 bits per heavy atom. The maximum Gasteiger partial charge on any atom is 0.337 e. The molecule has 5 nitrogen and oxygen atoms in total. The highest BCUT2D eigenvalue weighted by atomic mass is 16.5. The number of carbonyl (C=O) groups is 2. The number of hydrogen-bond acceptors (Lipinski definition) is 4. The van der Waals surface area contributed by atoms with Crippen LogP contribution in [0.15, 0.2) is 35.6 Å². The first-order valence-electron chi connectivity index (χ1n) is 7.38. The Morgan fingerprint density at radius 3 is 2.90 bits per heavy atom. The molecule has 2 aliphatic heterocycles. The van der Waals surface area contributed by atoms with Gasteiger partial charge in [0, 0.05) is 18.5 Å². The molecule has 0 aromatic heterocycles. The first-order chi connectivity index (χ1) is 10.1. The van der Waals surface area contributed by atoms with E-state index in [9.17, 15) is 9.59 Å². The van der Waals surface area contributed by atoms with Gasteiger partial charge in [0.25, 0.3) is 5.91 Å². The van der Waals surface area contributed by atoms with Crippen molar-refractivity contribution in [2.24, 2.45) is 5.92 Å². The van der Waals surface area contributed by atoms with E-state index in [1.807, 2.05) is 18.2 Å². The Balaban J connectivity index is 1.89. The van der Waals surface area contributed by atoms with Crippen LogP contribution >= 0.6 is 0 Å². The van der Waals surface area contributed by atoms with E-state index in [2.05, 4.69) is 17.1 Å². The summed E-state index contributed by atoms with van der Waals surface area (Å²) in [6.45, 7) is 3.06. The summed E-state index contributed by atoms with van der Waals surface area (Å²) >= 11 is 0. The molecule has 3 atom stereocenters. The zero-order chi connectivity index (χ0) is 15.0. The van der Waals surface area contributed by atoms with Crippen LogP contribution in [-0.4, -0.2) is 42.5 Å². The SMILES string of the molecule is COC(=O)C1=CC2C=C(N3CCC[C@@H]3C)C(=O)NC2C=C1. The van der Waals surface area contributed by atoms with E-state index in [0.717, 1.165) is 25.1 Å². The van der Waals surface area contributed by atoms with Crippen molar-refractivity contribution >= 4 is 11.9 Å². The number of nitrogens with one attached hydrogen (secondary N) is 1. The highest BCUT2D eigenvalue weighted by Gasteiger charge is 2.34. The van der Waals surface area contributed by atoms with Gasteiger partial charge in [0.1, 0.15) is 0 Å².